The van der Waals surface area contributed by atoms with Crippen molar-refractivity contribution in [3.05, 3.63) is 127 Å². The fraction of sp³-hybridized carbons (Fsp3) is 0.256. The minimum Gasteiger partial charge on any atom is -0.748 e. The van der Waals surface area contributed by atoms with Gasteiger partial charge in [0.05, 0.1) is 32.7 Å². The van der Waals surface area contributed by atoms with Crippen molar-refractivity contribution < 1.29 is 69.2 Å². The summed E-state index contributed by atoms with van der Waals surface area (Å²) >= 11 is 0. The van der Waals surface area contributed by atoms with Gasteiger partial charge in [-0.1, -0.05) is 78.9 Å². The Labute approximate surface area is 327 Å². The summed E-state index contributed by atoms with van der Waals surface area (Å²) in [4.78, 5) is 1.91. The van der Waals surface area contributed by atoms with Gasteiger partial charge in [0.2, 0.25) is 11.5 Å². The molecule has 13 heteroatoms. The Hall–Kier alpha value is -3.75. The maximum absolute atomic E-state index is 11.9. The summed E-state index contributed by atoms with van der Waals surface area (Å²) in [6.45, 7) is 5.26. The molecule has 1 aromatic heterocycles. The molecule has 1 N–H and O–H groups in total. The molecule has 0 spiro atoms. The second kappa shape index (κ2) is 16.5. The van der Waals surface area contributed by atoms with Gasteiger partial charge >= 0.3 is 35.4 Å². The number of fused-ring (bicyclic) bond motifs is 2. The molecule has 2 unspecified atom stereocenters. The predicted molar refractivity (Wildman–Crippen MR) is 197 cm³/mol. The van der Waals surface area contributed by atoms with Crippen molar-refractivity contribution in [2.24, 2.45) is 0 Å². The van der Waals surface area contributed by atoms with Crippen LogP contribution in [0.25, 0.3) is 33.4 Å². The summed E-state index contributed by atoms with van der Waals surface area (Å²) in [5.41, 5.74) is 6.92. The Morgan fingerprint density at radius 3 is 2.06 bits per heavy atom. The summed E-state index contributed by atoms with van der Waals surface area (Å²) in [7, 11) is -8.72. The summed E-state index contributed by atoms with van der Waals surface area (Å²) < 4.78 is 83.6. The van der Waals surface area contributed by atoms with Crippen LogP contribution in [-0.2, 0) is 33.2 Å². The molecule has 266 valence electrons. The third-order valence-corrected chi connectivity index (χ3v) is 11.8. The molecule has 0 saturated heterocycles. The van der Waals surface area contributed by atoms with Gasteiger partial charge in [0.25, 0.3) is 15.6 Å². The quantitative estimate of drug-likeness (QED) is 0.106. The Morgan fingerprint density at radius 2 is 1.46 bits per heavy atom. The van der Waals surface area contributed by atoms with Gasteiger partial charge in [-0.15, -0.1) is 0 Å². The largest absolute Gasteiger partial charge is 1.00 e. The van der Waals surface area contributed by atoms with Crippen LogP contribution in [0.2, 0.25) is 0 Å². The molecular formula is C39H40N2NaO8S2+. The SMILES string of the molecule is C/C=C(\C=C1/Oc2ccc(-c3ccccc3)cc2N1CCC(C)S(=O)(=O)O)Cc1oc2ccc(-c3ccccc3)cc2[n+]1CCC(C)S(=O)(=O)[O-].[Na+]. The molecule has 0 bridgehead atoms. The van der Waals surface area contributed by atoms with Gasteiger partial charge in [-0.25, -0.2) is 8.42 Å². The van der Waals surface area contributed by atoms with Crippen molar-refractivity contribution in [1.29, 1.82) is 0 Å². The van der Waals surface area contributed by atoms with E-state index in [1.165, 1.54) is 13.8 Å². The van der Waals surface area contributed by atoms with Crippen LogP contribution in [0.3, 0.4) is 0 Å². The van der Waals surface area contributed by atoms with Gasteiger partial charge in [-0.2, -0.15) is 13.0 Å². The van der Waals surface area contributed by atoms with E-state index in [0.717, 1.165) is 39.0 Å². The normalized spacial score (nSPS) is 15.3. The number of aromatic nitrogens is 1. The van der Waals surface area contributed by atoms with Gasteiger partial charge in [0.1, 0.15) is 0 Å². The first kappa shape index (κ1) is 39.5. The molecule has 52 heavy (non-hydrogen) atoms. The molecule has 10 nitrogen and oxygen atoms in total. The molecular weight excluding hydrogens is 712 g/mol. The number of aryl methyl sites for hydroxylation is 1. The van der Waals surface area contributed by atoms with Crippen molar-refractivity contribution in [1.82, 2.24) is 0 Å². The average Bonchev–Trinajstić information content (AvgIpc) is 3.64. The number of hydrogen-bond donors (Lipinski definition) is 1. The van der Waals surface area contributed by atoms with Crippen LogP contribution in [0.4, 0.5) is 5.69 Å². The van der Waals surface area contributed by atoms with Crippen LogP contribution in [0, 0.1) is 0 Å². The Kier molecular flexibility index (Phi) is 12.5. The van der Waals surface area contributed by atoms with Gasteiger partial charge in [0.15, 0.2) is 12.3 Å². The van der Waals surface area contributed by atoms with Crippen LogP contribution in [0.1, 0.15) is 39.5 Å². The zero-order chi connectivity index (χ0) is 36.3. The number of anilines is 1. The first-order valence-electron chi connectivity index (χ1n) is 16.7. The van der Waals surface area contributed by atoms with Crippen molar-refractivity contribution in [2.45, 2.75) is 57.1 Å². The second-order valence-corrected chi connectivity index (χ2v) is 16.4. The molecule has 2 heterocycles. The third-order valence-electron chi connectivity index (χ3n) is 9.28. The Morgan fingerprint density at radius 1 is 0.846 bits per heavy atom. The van der Waals surface area contributed by atoms with Gasteiger partial charge < -0.3 is 18.6 Å². The molecule has 2 atom stereocenters. The van der Waals surface area contributed by atoms with E-state index >= 15 is 0 Å². The van der Waals surface area contributed by atoms with Crippen molar-refractivity contribution >= 4 is 37.0 Å². The molecule has 0 aliphatic carbocycles. The molecule has 0 radical (unpaired) electrons. The van der Waals surface area contributed by atoms with Gasteiger partial charge in [0, 0.05) is 25.1 Å². The molecule has 0 fully saturated rings. The van der Waals surface area contributed by atoms with Crippen LogP contribution < -0.4 is 43.8 Å². The fourth-order valence-corrected chi connectivity index (χ4v) is 6.85. The van der Waals surface area contributed by atoms with E-state index in [2.05, 4.69) is 0 Å². The smallest absolute Gasteiger partial charge is 0.748 e. The average molecular weight is 752 g/mol. The van der Waals surface area contributed by atoms with Crippen molar-refractivity contribution in [3.8, 4) is 28.0 Å². The molecule has 1 aliphatic rings. The van der Waals surface area contributed by atoms with Crippen LogP contribution in [-0.4, -0.2) is 43.0 Å². The number of rotatable bonds is 13. The van der Waals surface area contributed by atoms with E-state index in [-0.39, 0.29) is 55.5 Å². The molecule has 0 saturated carbocycles. The van der Waals surface area contributed by atoms with E-state index in [1.54, 1.807) is 0 Å². The number of oxazole rings is 1. The fourth-order valence-electron chi connectivity index (χ4n) is 6.05. The number of hydrogen-bond acceptors (Lipinski definition) is 8. The summed E-state index contributed by atoms with van der Waals surface area (Å²) in [6.07, 6.45) is 4.34. The minimum atomic E-state index is -4.48. The van der Waals surface area contributed by atoms with Gasteiger partial charge in [-0.05, 0) is 73.2 Å². The number of nitrogens with zero attached hydrogens (tertiary/aromatic N) is 2. The van der Waals surface area contributed by atoms with Crippen molar-refractivity contribution in [2.75, 3.05) is 11.4 Å². The molecule has 1 aliphatic heterocycles. The Bertz CT molecular complexity index is 2320. The zero-order valence-corrected chi connectivity index (χ0v) is 33.2. The number of allylic oxidation sites excluding steroid dienone is 3. The van der Waals surface area contributed by atoms with Crippen LogP contribution in [0.5, 0.6) is 5.75 Å². The van der Waals surface area contributed by atoms with E-state index in [1.807, 2.05) is 126 Å². The third kappa shape index (κ3) is 9.06. The zero-order valence-electron chi connectivity index (χ0n) is 29.6. The topological polar surface area (TPSA) is 141 Å². The van der Waals surface area contributed by atoms with E-state index in [4.69, 9.17) is 9.15 Å². The monoisotopic (exact) mass is 751 g/mol. The number of ether oxygens (including phenoxy) is 1. The summed E-state index contributed by atoms with van der Waals surface area (Å²) in [5, 5.41) is -2.08. The predicted octanol–water partition coefficient (Wildman–Crippen LogP) is 4.28. The van der Waals surface area contributed by atoms with Crippen LogP contribution >= 0.6 is 0 Å². The number of benzene rings is 4. The molecule has 4 aromatic carbocycles. The maximum atomic E-state index is 11.9. The summed E-state index contributed by atoms with van der Waals surface area (Å²) in [6, 6.07) is 31.5. The van der Waals surface area contributed by atoms with E-state index < -0.39 is 30.7 Å². The van der Waals surface area contributed by atoms with Crippen LogP contribution in [0.15, 0.2) is 125 Å². The standard InChI is InChI=1S/C39H40N2O8S2.Na/c1-4-29(23-38-40(21-19-27(2)50(42,43)44)34-25-32(15-17-36(34)48-38)30-11-7-5-8-12-30)24-39-41(22-20-28(3)51(45,46)47)35-26-33(16-18-37(35)49-39)31-13-9-6-10-14-31;/h4-18,23,25-28H,19-22,24H2,1-3H3,(H-,42,43,44,45,46,47);/q;+1/b29-4+,38-23-;. The summed E-state index contributed by atoms with van der Waals surface area (Å²) in [5.74, 6) is 1.64. The van der Waals surface area contributed by atoms with E-state index in [0.29, 0.717) is 29.5 Å². The minimum absolute atomic E-state index is 0. The van der Waals surface area contributed by atoms with E-state index in [9.17, 15) is 25.9 Å². The first-order valence-corrected chi connectivity index (χ1v) is 19.7. The molecule has 5 aromatic rings. The maximum Gasteiger partial charge on any atom is 1.00 e. The first-order chi connectivity index (χ1) is 24.3. The molecule has 6 rings (SSSR count). The second-order valence-electron chi connectivity index (χ2n) is 12.7. The molecule has 0 amide bonds. The Balaban J connectivity index is 0.00000523. The van der Waals surface area contributed by atoms with Crippen molar-refractivity contribution in [3.63, 3.8) is 0 Å². The van der Waals surface area contributed by atoms with Gasteiger partial charge in [-0.3, -0.25) is 4.55 Å².